The Morgan fingerprint density at radius 1 is 1.23 bits per heavy atom. The van der Waals surface area contributed by atoms with Gasteiger partial charge in [-0.1, -0.05) is 6.07 Å². The second-order valence-electron chi connectivity index (χ2n) is 7.04. The lowest BCUT2D eigenvalue weighted by Crippen LogP contribution is -2.24. The van der Waals surface area contributed by atoms with Gasteiger partial charge < -0.3 is 20.5 Å². The van der Waals surface area contributed by atoms with Crippen LogP contribution in [0.2, 0.25) is 0 Å². The van der Waals surface area contributed by atoms with Gasteiger partial charge in [-0.25, -0.2) is 9.07 Å². The van der Waals surface area contributed by atoms with Gasteiger partial charge in [-0.2, -0.15) is 5.10 Å². The molecule has 3 aromatic rings. The highest BCUT2D eigenvalue weighted by Crippen LogP contribution is 2.40. The molecule has 0 saturated carbocycles. The number of aromatic nitrogens is 2. The van der Waals surface area contributed by atoms with Gasteiger partial charge in [-0.15, -0.1) is 0 Å². The molecule has 3 N–H and O–H groups in total. The molecule has 0 bridgehead atoms. The maximum Gasteiger partial charge on any atom is 0.255 e. The zero-order valence-corrected chi connectivity index (χ0v) is 16.8. The monoisotopic (exact) mass is 424 g/mol. The van der Waals surface area contributed by atoms with Gasteiger partial charge in [-0.3, -0.25) is 9.59 Å². The normalized spacial score (nSPS) is 15.2. The van der Waals surface area contributed by atoms with Crippen molar-refractivity contribution in [1.29, 1.82) is 0 Å². The molecule has 0 aliphatic carbocycles. The second kappa shape index (κ2) is 8.47. The van der Waals surface area contributed by atoms with Crippen molar-refractivity contribution >= 4 is 17.6 Å². The van der Waals surface area contributed by atoms with Gasteiger partial charge in [0.15, 0.2) is 18.1 Å². The zero-order chi connectivity index (χ0) is 22.0. The molecule has 8 nitrogen and oxygen atoms in total. The minimum Gasteiger partial charge on any atom is -0.490 e. The second-order valence-corrected chi connectivity index (χ2v) is 7.04. The van der Waals surface area contributed by atoms with Gasteiger partial charge in [0.1, 0.15) is 11.6 Å². The third-order valence-electron chi connectivity index (χ3n) is 4.93. The summed E-state index contributed by atoms with van der Waals surface area (Å²) in [6.45, 7) is 1.97. The van der Waals surface area contributed by atoms with Crippen molar-refractivity contribution in [2.45, 2.75) is 19.3 Å². The molecule has 0 saturated heterocycles. The molecule has 0 spiro atoms. The van der Waals surface area contributed by atoms with Gasteiger partial charge in [0.05, 0.1) is 18.5 Å². The number of ether oxygens (including phenoxy) is 2. The van der Waals surface area contributed by atoms with Crippen LogP contribution in [0.1, 0.15) is 30.4 Å². The summed E-state index contributed by atoms with van der Waals surface area (Å²) in [5.74, 6) is 0.0318. The van der Waals surface area contributed by atoms with Crippen molar-refractivity contribution in [3.8, 4) is 17.2 Å². The van der Waals surface area contributed by atoms with Crippen molar-refractivity contribution in [1.82, 2.24) is 9.78 Å². The van der Waals surface area contributed by atoms with Crippen LogP contribution in [-0.4, -0.2) is 34.8 Å². The van der Waals surface area contributed by atoms with Crippen LogP contribution in [0.4, 0.5) is 10.2 Å². The molecule has 2 amide bonds. The first-order valence-corrected chi connectivity index (χ1v) is 9.77. The Morgan fingerprint density at radius 3 is 2.71 bits per heavy atom. The van der Waals surface area contributed by atoms with E-state index in [1.165, 1.54) is 12.1 Å². The predicted octanol–water partition coefficient (Wildman–Crippen LogP) is 2.75. The minimum absolute atomic E-state index is 0.159. The lowest BCUT2D eigenvalue weighted by molar-refractivity contribution is -0.120. The molecule has 1 atom stereocenters. The van der Waals surface area contributed by atoms with E-state index >= 15 is 0 Å². The van der Waals surface area contributed by atoms with Crippen LogP contribution in [0.15, 0.2) is 48.7 Å². The zero-order valence-electron chi connectivity index (χ0n) is 16.8. The Balaban J connectivity index is 1.71. The molecule has 2 aromatic carbocycles. The first kappa shape index (κ1) is 20.4. The van der Waals surface area contributed by atoms with E-state index in [4.69, 9.17) is 15.2 Å². The van der Waals surface area contributed by atoms with E-state index in [0.29, 0.717) is 29.6 Å². The number of carbonyl (C=O) groups is 2. The summed E-state index contributed by atoms with van der Waals surface area (Å²) in [6, 6.07) is 11.2. The molecular weight excluding hydrogens is 403 g/mol. The Hall–Kier alpha value is -3.88. The number of hydrogen-bond acceptors (Lipinski definition) is 5. The highest BCUT2D eigenvalue weighted by atomic mass is 19.1. The maximum atomic E-state index is 13.3. The number of nitrogens with zero attached hydrogens (tertiary/aromatic N) is 2. The third-order valence-corrected chi connectivity index (χ3v) is 4.93. The maximum absolute atomic E-state index is 13.3. The molecule has 1 aromatic heterocycles. The largest absolute Gasteiger partial charge is 0.490 e. The predicted molar refractivity (Wildman–Crippen MR) is 111 cm³/mol. The highest BCUT2D eigenvalue weighted by molar-refractivity contribution is 5.94. The smallest absolute Gasteiger partial charge is 0.255 e. The molecule has 1 aliphatic rings. The number of halogens is 1. The molecule has 1 unspecified atom stereocenters. The van der Waals surface area contributed by atoms with Crippen LogP contribution in [0, 0.1) is 5.82 Å². The van der Waals surface area contributed by atoms with Crippen LogP contribution in [0.25, 0.3) is 5.69 Å². The van der Waals surface area contributed by atoms with E-state index in [-0.39, 0.29) is 30.7 Å². The SMILES string of the molecule is CCOc1cc(C2CC(=O)Nc3c2cnn3-c2ccc(F)cc2)ccc1OCC(N)=O. The summed E-state index contributed by atoms with van der Waals surface area (Å²) in [4.78, 5) is 23.5. The van der Waals surface area contributed by atoms with E-state index < -0.39 is 5.91 Å². The molecule has 31 heavy (non-hydrogen) atoms. The van der Waals surface area contributed by atoms with Gasteiger partial charge in [-0.05, 0) is 48.9 Å². The molecular formula is C22H21FN4O4. The summed E-state index contributed by atoms with van der Waals surface area (Å²) in [5.41, 5.74) is 7.46. The van der Waals surface area contributed by atoms with E-state index in [1.807, 2.05) is 13.0 Å². The Labute approximate surface area is 177 Å². The van der Waals surface area contributed by atoms with Crippen LogP contribution in [0.5, 0.6) is 11.5 Å². The Kier molecular flexibility index (Phi) is 5.57. The fourth-order valence-corrected chi connectivity index (χ4v) is 3.57. The molecule has 2 heterocycles. The standard InChI is InChI=1S/C22H21FN4O4/c1-2-30-19-9-13(3-8-18(19)31-12-20(24)28)16-10-21(29)26-22-17(16)11-25-27(22)15-6-4-14(23)5-7-15/h3-9,11,16H,2,10,12H2,1H3,(H2,24,28)(H,26,29). The number of nitrogens with one attached hydrogen (secondary N) is 1. The van der Waals surface area contributed by atoms with Gasteiger partial charge >= 0.3 is 0 Å². The Morgan fingerprint density at radius 2 is 2.00 bits per heavy atom. The number of nitrogens with two attached hydrogens (primary N) is 1. The molecule has 9 heteroatoms. The molecule has 160 valence electrons. The fraction of sp³-hybridized carbons (Fsp3) is 0.227. The quantitative estimate of drug-likeness (QED) is 0.606. The molecule has 4 rings (SSSR count). The minimum atomic E-state index is -0.590. The van der Waals surface area contributed by atoms with Crippen LogP contribution >= 0.6 is 0 Å². The first-order chi connectivity index (χ1) is 15.0. The van der Waals surface area contributed by atoms with E-state index in [9.17, 15) is 14.0 Å². The number of anilines is 1. The van der Waals surface area contributed by atoms with E-state index in [1.54, 1.807) is 35.1 Å². The van der Waals surface area contributed by atoms with Crippen LogP contribution in [0.3, 0.4) is 0 Å². The topological polar surface area (TPSA) is 108 Å². The molecule has 0 fully saturated rings. The van der Waals surface area contributed by atoms with Gasteiger partial charge in [0.25, 0.3) is 5.91 Å². The number of fused-ring (bicyclic) bond motifs is 1. The van der Waals surface area contributed by atoms with Crippen molar-refractivity contribution in [2.24, 2.45) is 5.73 Å². The fourth-order valence-electron chi connectivity index (χ4n) is 3.57. The van der Waals surface area contributed by atoms with Crippen molar-refractivity contribution < 1.29 is 23.5 Å². The number of primary amides is 1. The van der Waals surface area contributed by atoms with E-state index in [0.717, 1.165) is 11.1 Å². The summed E-state index contributed by atoms with van der Waals surface area (Å²) < 4.78 is 26.0. The lowest BCUT2D eigenvalue weighted by atomic mass is 9.87. The van der Waals surface area contributed by atoms with Gasteiger partial charge in [0.2, 0.25) is 5.91 Å². The van der Waals surface area contributed by atoms with Crippen molar-refractivity contribution in [3.05, 3.63) is 65.6 Å². The number of hydrogen-bond donors (Lipinski definition) is 2. The average molecular weight is 424 g/mol. The highest BCUT2D eigenvalue weighted by Gasteiger charge is 2.31. The lowest BCUT2D eigenvalue weighted by Gasteiger charge is -2.24. The van der Waals surface area contributed by atoms with Crippen LogP contribution in [-0.2, 0) is 9.59 Å². The Bertz CT molecular complexity index is 1130. The van der Waals surface area contributed by atoms with E-state index in [2.05, 4.69) is 10.4 Å². The van der Waals surface area contributed by atoms with Crippen molar-refractivity contribution in [2.75, 3.05) is 18.5 Å². The summed E-state index contributed by atoms with van der Waals surface area (Å²) in [6.07, 6.45) is 1.93. The summed E-state index contributed by atoms with van der Waals surface area (Å²) >= 11 is 0. The number of carbonyl (C=O) groups excluding carboxylic acids is 2. The number of benzene rings is 2. The first-order valence-electron chi connectivity index (χ1n) is 9.77. The van der Waals surface area contributed by atoms with Gasteiger partial charge in [0, 0.05) is 17.9 Å². The van der Waals surface area contributed by atoms with Crippen LogP contribution < -0.4 is 20.5 Å². The summed E-state index contributed by atoms with van der Waals surface area (Å²) in [5, 5.41) is 7.27. The molecule has 1 aliphatic heterocycles. The third kappa shape index (κ3) is 4.20. The molecule has 0 radical (unpaired) electrons. The number of amides is 2. The number of rotatable bonds is 7. The average Bonchev–Trinajstić information content (AvgIpc) is 3.16. The van der Waals surface area contributed by atoms with Crippen molar-refractivity contribution in [3.63, 3.8) is 0 Å². The summed E-state index contributed by atoms with van der Waals surface area (Å²) in [7, 11) is 0.